The fourth-order valence-electron chi connectivity index (χ4n) is 6.93. The Bertz CT molecular complexity index is 898. The van der Waals surface area contributed by atoms with E-state index in [-0.39, 0.29) is 23.6 Å². The van der Waals surface area contributed by atoms with Crippen LogP contribution in [0.25, 0.3) is 0 Å². The lowest BCUT2D eigenvalue weighted by molar-refractivity contribution is -0.101. The predicted octanol–water partition coefficient (Wildman–Crippen LogP) is 5.41. The molecule has 1 aromatic carbocycles. The normalized spacial score (nSPS) is 26.1. The summed E-state index contributed by atoms with van der Waals surface area (Å²) >= 11 is 6.39. The molecule has 0 bridgehead atoms. The van der Waals surface area contributed by atoms with Gasteiger partial charge in [-0.2, -0.15) is 0 Å². The third kappa shape index (κ3) is 5.34. The highest BCUT2D eigenvalue weighted by molar-refractivity contribution is 6.34. The van der Waals surface area contributed by atoms with Crippen LogP contribution in [0.4, 0.5) is 4.79 Å². The smallest absolute Gasteiger partial charge is 0.410 e. The van der Waals surface area contributed by atoms with Crippen LogP contribution in [0.1, 0.15) is 80.1 Å². The van der Waals surface area contributed by atoms with Gasteiger partial charge in [0.15, 0.2) is 0 Å². The standard InChI is InChI=1S/C28H40ClN3O3/c1-20-6-5-9-23(29)25(20)26(33)31-16-10-22(11-17-31)24-18-28(12-14-30-15-13-28)35-27(34)32(24)19-21-7-3-2-4-8-21/h5-6,9,21-22,24,30H,2-4,7-8,10-19H2,1H3. The number of piperidine rings is 2. The first kappa shape index (κ1) is 24.9. The largest absolute Gasteiger partial charge is 0.443 e. The van der Waals surface area contributed by atoms with Crippen molar-refractivity contribution in [2.75, 3.05) is 32.7 Å². The average molecular weight is 502 g/mol. The van der Waals surface area contributed by atoms with Crippen molar-refractivity contribution in [3.63, 3.8) is 0 Å². The number of halogens is 1. The van der Waals surface area contributed by atoms with E-state index in [0.29, 0.717) is 35.5 Å². The molecule has 1 spiro atoms. The second-order valence-corrected chi connectivity index (χ2v) is 11.7. The van der Waals surface area contributed by atoms with E-state index in [4.69, 9.17) is 16.3 Å². The van der Waals surface area contributed by atoms with Crippen molar-refractivity contribution >= 4 is 23.6 Å². The summed E-state index contributed by atoms with van der Waals surface area (Å²) in [4.78, 5) is 30.8. The topological polar surface area (TPSA) is 61.9 Å². The van der Waals surface area contributed by atoms with Gasteiger partial charge < -0.3 is 19.9 Å². The van der Waals surface area contributed by atoms with Crippen LogP contribution >= 0.6 is 11.6 Å². The number of amides is 2. The summed E-state index contributed by atoms with van der Waals surface area (Å²) in [5.41, 5.74) is 1.23. The van der Waals surface area contributed by atoms with E-state index in [1.165, 1.54) is 32.1 Å². The van der Waals surface area contributed by atoms with E-state index >= 15 is 0 Å². The zero-order valence-corrected chi connectivity index (χ0v) is 21.8. The van der Waals surface area contributed by atoms with Gasteiger partial charge in [0.25, 0.3) is 5.91 Å². The van der Waals surface area contributed by atoms with Gasteiger partial charge in [0.2, 0.25) is 0 Å². The Hall–Kier alpha value is -1.79. The summed E-state index contributed by atoms with van der Waals surface area (Å²) in [6.45, 7) is 6.02. The number of aryl methyl sites for hydroxylation is 1. The van der Waals surface area contributed by atoms with Crippen LogP contribution in [0.5, 0.6) is 0 Å². The van der Waals surface area contributed by atoms with Gasteiger partial charge in [0.05, 0.1) is 10.6 Å². The third-order valence-electron chi connectivity index (χ3n) is 9.02. The molecular formula is C28H40ClN3O3. The number of rotatable bonds is 4. The Morgan fingerprint density at radius 1 is 1.11 bits per heavy atom. The quantitative estimate of drug-likeness (QED) is 0.598. The molecule has 35 heavy (non-hydrogen) atoms. The Kier molecular flexibility index (Phi) is 7.59. The van der Waals surface area contributed by atoms with Crippen LogP contribution in [-0.2, 0) is 4.74 Å². The molecule has 1 unspecified atom stereocenters. The minimum Gasteiger partial charge on any atom is -0.443 e. The van der Waals surface area contributed by atoms with Crippen molar-refractivity contribution in [2.24, 2.45) is 11.8 Å². The molecule has 7 heteroatoms. The number of ether oxygens (including phenoxy) is 1. The monoisotopic (exact) mass is 501 g/mol. The first-order valence-electron chi connectivity index (χ1n) is 13.7. The SMILES string of the molecule is Cc1cccc(Cl)c1C(=O)N1CCC(C2CC3(CCNCC3)OC(=O)N2CC2CCCCC2)CC1. The van der Waals surface area contributed by atoms with E-state index < -0.39 is 0 Å². The molecule has 6 nitrogen and oxygen atoms in total. The molecule has 3 saturated heterocycles. The Morgan fingerprint density at radius 3 is 2.51 bits per heavy atom. The molecule has 1 aromatic rings. The molecule has 192 valence electrons. The summed E-state index contributed by atoms with van der Waals surface area (Å²) in [6, 6.07) is 5.83. The highest BCUT2D eigenvalue weighted by Crippen LogP contribution is 2.41. The van der Waals surface area contributed by atoms with E-state index in [1.807, 2.05) is 24.0 Å². The summed E-state index contributed by atoms with van der Waals surface area (Å²) in [5.74, 6) is 1.02. The fraction of sp³-hybridized carbons (Fsp3) is 0.714. The van der Waals surface area contributed by atoms with Crippen molar-refractivity contribution in [2.45, 2.75) is 82.8 Å². The summed E-state index contributed by atoms with van der Waals surface area (Å²) in [7, 11) is 0. The number of likely N-dealkylation sites (tertiary alicyclic amines) is 1. The molecule has 3 aliphatic heterocycles. The van der Waals surface area contributed by atoms with Crippen LogP contribution in [0, 0.1) is 18.8 Å². The molecule has 4 aliphatic rings. The Labute approximate surface area is 214 Å². The highest BCUT2D eigenvalue weighted by Gasteiger charge is 2.49. The van der Waals surface area contributed by atoms with Crippen LogP contribution in [0.2, 0.25) is 5.02 Å². The maximum atomic E-state index is 13.4. The number of carbonyl (C=O) groups is 2. The molecular weight excluding hydrogens is 462 g/mol. The lowest BCUT2D eigenvalue weighted by atomic mass is 9.76. The van der Waals surface area contributed by atoms with Gasteiger partial charge in [0.1, 0.15) is 5.60 Å². The van der Waals surface area contributed by atoms with Gasteiger partial charge in [-0.1, -0.05) is 43.0 Å². The summed E-state index contributed by atoms with van der Waals surface area (Å²) < 4.78 is 6.20. The minimum atomic E-state index is -0.322. The van der Waals surface area contributed by atoms with Crippen LogP contribution in [-0.4, -0.2) is 66.2 Å². The van der Waals surface area contributed by atoms with Gasteiger partial charge in [0, 0.05) is 32.1 Å². The molecule has 3 heterocycles. The maximum Gasteiger partial charge on any atom is 0.410 e. The molecule has 0 radical (unpaired) electrons. The minimum absolute atomic E-state index is 0.0310. The van der Waals surface area contributed by atoms with Crippen molar-refractivity contribution in [1.82, 2.24) is 15.1 Å². The van der Waals surface area contributed by atoms with Crippen LogP contribution in [0.3, 0.4) is 0 Å². The molecule has 0 aromatic heterocycles. The Morgan fingerprint density at radius 2 is 1.83 bits per heavy atom. The average Bonchev–Trinajstić information content (AvgIpc) is 2.87. The van der Waals surface area contributed by atoms with Gasteiger partial charge in [-0.3, -0.25) is 4.79 Å². The highest BCUT2D eigenvalue weighted by atomic mass is 35.5. The fourth-order valence-corrected chi connectivity index (χ4v) is 7.23. The van der Waals surface area contributed by atoms with Crippen molar-refractivity contribution in [3.05, 3.63) is 34.3 Å². The Balaban J connectivity index is 1.30. The second kappa shape index (κ2) is 10.7. The lowest BCUT2D eigenvalue weighted by Gasteiger charge is -2.51. The number of carbonyl (C=O) groups excluding carboxylic acids is 2. The van der Waals surface area contributed by atoms with Crippen LogP contribution in [0.15, 0.2) is 18.2 Å². The maximum absolute atomic E-state index is 13.4. The number of nitrogens with zero attached hydrogens (tertiary/aromatic N) is 2. The molecule has 1 aliphatic carbocycles. The number of hydrogen-bond donors (Lipinski definition) is 1. The third-order valence-corrected chi connectivity index (χ3v) is 9.34. The zero-order valence-electron chi connectivity index (χ0n) is 21.1. The van der Waals surface area contributed by atoms with Crippen molar-refractivity contribution in [3.8, 4) is 0 Å². The van der Waals surface area contributed by atoms with E-state index in [1.54, 1.807) is 6.07 Å². The molecule has 1 N–H and O–H groups in total. The first-order chi connectivity index (χ1) is 17.0. The number of benzene rings is 1. The molecule has 5 rings (SSSR count). The number of nitrogens with one attached hydrogen (secondary N) is 1. The van der Waals surface area contributed by atoms with Crippen LogP contribution < -0.4 is 5.32 Å². The first-order valence-corrected chi connectivity index (χ1v) is 14.1. The van der Waals surface area contributed by atoms with Gasteiger partial charge >= 0.3 is 6.09 Å². The lowest BCUT2D eigenvalue weighted by Crippen LogP contribution is -2.61. The van der Waals surface area contributed by atoms with Gasteiger partial charge in [-0.25, -0.2) is 4.79 Å². The predicted molar refractivity (Wildman–Crippen MR) is 138 cm³/mol. The molecule has 1 saturated carbocycles. The molecule has 4 fully saturated rings. The zero-order chi connectivity index (χ0) is 24.4. The summed E-state index contributed by atoms with van der Waals surface area (Å²) in [5, 5.41) is 3.95. The van der Waals surface area contributed by atoms with Gasteiger partial charge in [-0.05, 0) is 82.0 Å². The molecule has 2 amide bonds. The van der Waals surface area contributed by atoms with Crippen molar-refractivity contribution < 1.29 is 14.3 Å². The molecule has 1 atom stereocenters. The van der Waals surface area contributed by atoms with Gasteiger partial charge in [-0.15, -0.1) is 0 Å². The van der Waals surface area contributed by atoms with E-state index in [2.05, 4.69) is 10.2 Å². The van der Waals surface area contributed by atoms with E-state index in [0.717, 1.165) is 57.3 Å². The van der Waals surface area contributed by atoms with E-state index in [9.17, 15) is 9.59 Å². The number of hydrogen-bond acceptors (Lipinski definition) is 4. The second-order valence-electron chi connectivity index (χ2n) is 11.3. The van der Waals surface area contributed by atoms with Crippen molar-refractivity contribution in [1.29, 1.82) is 0 Å². The summed E-state index contributed by atoms with van der Waals surface area (Å²) in [6.07, 6.45) is 10.8.